The lowest BCUT2D eigenvalue weighted by Gasteiger charge is -2.16. The van der Waals surface area contributed by atoms with Crippen LogP contribution in [0.1, 0.15) is 11.1 Å². The highest BCUT2D eigenvalue weighted by Gasteiger charge is 2.22. The lowest BCUT2D eigenvalue weighted by molar-refractivity contribution is 0.339. The van der Waals surface area contributed by atoms with Crippen molar-refractivity contribution in [1.29, 1.82) is 0 Å². The van der Waals surface area contributed by atoms with Crippen molar-refractivity contribution in [3.63, 3.8) is 0 Å². The number of thioether (sulfide) groups is 4. The molecule has 3 rings (SSSR count). The topological polar surface area (TPSA) is 40.5 Å². The number of aliphatic hydroxyl groups excluding tert-OH is 2. The first-order valence-electron chi connectivity index (χ1n) is 7.09. The molecule has 2 aliphatic rings. The predicted molar refractivity (Wildman–Crippen MR) is 102 cm³/mol. The van der Waals surface area contributed by atoms with Gasteiger partial charge in [0.25, 0.3) is 0 Å². The molecule has 0 amide bonds. The van der Waals surface area contributed by atoms with Crippen LogP contribution < -0.4 is 0 Å². The summed E-state index contributed by atoms with van der Waals surface area (Å²) < 4.78 is 0.941. The van der Waals surface area contributed by atoms with Crippen LogP contribution in [0.3, 0.4) is 0 Å². The fraction of sp³-hybridized carbons (Fsp3) is 0.375. The molecule has 0 bridgehead atoms. The molecule has 0 radical (unpaired) electrons. The monoisotopic (exact) mass is 370 g/mol. The maximum Gasteiger partial charge on any atom is 0.0746 e. The van der Waals surface area contributed by atoms with Crippen molar-refractivity contribution >= 4 is 47.0 Å². The summed E-state index contributed by atoms with van der Waals surface area (Å²) in [5, 5.41) is 22.6. The Morgan fingerprint density at radius 3 is 1.59 bits per heavy atom. The number of hydrogen-bond donors (Lipinski definition) is 2. The Morgan fingerprint density at radius 1 is 0.773 bits per heavy atom. The predicted octanol–water partition coefficient (Wildman–Crippen LogP) is 4.05. The molecule has 2 aliphatic heterocycles. The molecule has 0 saturated heterocycles. The highest BCUT2D eigenvalue weighted by Crippen LogP contribution is 2.43. The minimum absolute atomic E-state index is 0.154. The summed E-state index contributed by atoms with van der Waals surface area (Å²) in [7, 11) is 0. The Bertz CT molecular complexity index is 534. The third-order valence-electron chi connectivity index (χ3n) is 3.47. The van der Waals surface area contributed by atoms with Gasteiger partial charge in [0, 0.05) is 9.81 Å². The van der Waals surface area contributed by atoms with E-state index in [1.807, 2.05) is 23.5 Å². The molecule has 2 nitrogen and oxygen atoms in total. The van der Waals surface area contributed by atoms with Crippen molar-refractivity contribution in [2.45, 2.75) is 22.0 Å². The van der Waals surface area contributed by atoms with Gasteiger partial charge in [-0.25, -0.2) is 0 Å². The van der Waals surface area contributed by atoms with Crippen LogP contribution in [0.5, 0.6) is 0 Å². The molecule has 0 spiro atoms. The summed E-state index contributed by atoms with van der Waals surface area (Å²) in [5.41, 5.74) is 2.80. The van der Waals surface area contributed by atoms with Crippen LogP contribution in [0.25, 0.3) is 0 Å². The molecule has 6 heteroatoms. The molecule has 0 saturated carbocycles. The van der Waals surface area contributed by atoms with Gasteiger partial charge in [-0.15, -0.1) is 47.0 Å². The molecule has 2 unspecified atom stereocenters. The Morgan fingerprint density at radius 2 is 1.23 bits per heavy atom. The van der Waals surface area contributed by atoms with Crippen molar-refractivity contribution in [1.82, 2.24) is 0 Å². The first kappa shape index (κ1) is 16.9. The third-order valence-corrected chi connectivity index (χ3v) is 8.75. The van der Waals surface area contributed by atoms with Gasteiger partial charge in [0.2, 0.25) is 0 Å². The van der Waals surface area contributed by atoms with E-state index in [9.17, 15) is 10.2 Å². The fourth-order valence-electron chi connectivity index (χ4n) is 2.40. The zero-order valence-electron chi connectivity index (χ0n) is 12.0. The quantitative estimate of drug-likeness (QED) is 0.787. The molecule has 2 N–H and O–H groups in total. The zero-order valence-corrected chi connectivity index (χ0v) is 15.2. The average Bonchev–Trinajstić information content (AvgIpc) is 3.18. The van der Waals surface area contributed by atoms with E-state index in [0.717, 1.165) is 22.7 Å². The van der Waals surface area contributed by atoms with Gasteiger partial charge in [0.15, 0.2) is 0 Å². The summed E-state index contributed by atoms with van der Waals surface area (Å²) in [6, 6.07) is 8.65. The van der Waals surface area contributed by atoms with Gasteiger partial charge in [-0.05, 0) is 34.8 Å². The summed E-state index contributed by atoms with van der Waals surface area (Å²) in [6.07, 6.45) is 2.04. The Balaban J connectivity index is 1.61. The number of hydrogen-bond acceptors (Lipinski definition) is 6. The number of aliphatic hydroxyl groups is 2. The average molecular weight is 371 g/mol. The molecule has 1 aromatic carbocycles. The maximum absolute atomic E-state index is 9.21. The van der Waals surface area contributed by atoms with Gasteiger partial charge >= 0.3 is 0 Å². The lowest BCUT2D eigenvalue weighted by atomic mass is 10.0. The largest absolute Gasteiger partial charge is 0.391 e. The van der Waals surface area contributed by atoms with Crippen molar-refractivity contribution < 1.29 is 10.2 Å². The second-order valence-electron chi connectivity index (χ2n) is 5.03. The Hall–Kier alpha value is 0.0200. The summed E-state index contributed by atoms with van der Waals surface area (Å²) >= 11 is 7.19. The van der Waals surface area contributed by atoms with Crippen LogP contribution in [0.2, 0.25) is 0 Å². The van der Waals surface area contributed by atoms with E-state index in [2.05, 4.69) is 35.1 Å². The van der Waals surface area contributed by atoms with E-state index in [0.29, 0.717) is 9.16 Å². The van der Waals surface area contributed by atoms with Gasteiger partial charge < -0.3 is 10.2 Å². The van der Waals surface area contributed by atoms with Crippen molar-refractivity contribution in [3.8, 4) is 0 Å². The summed E-state index contributed by atoms with van der Waals surface area (Å²) in [4.78, 5) is 2.15. The standard InChI is InChI=1S/C16H18O2S4/c17-7-13-9-19-15(21-13)5-11-3-1-2-4-12(11)6-16-20-10-14(8-18)22-16/h1-4,9-10,15-18H,5-8H2. The van der Waals surface area contributed by atoms with E-state index < -0.39 is 0 Å². The van der Waals surface area contributed by atoms with Gasteiger partial charge in [-0.1, -0.05) is 24.3 Å². The normalized spacial score (nSPS) is 24.5. The van der Waals surface area contributed by atoms with Crippen LogP contribution in [0.15, 0.2) is 44.9 Å². The molecule has 2 heterocycles. The van der Waals surface area contributed by atoms with E-state index in [4.69, 9.17) is 0 Å². The van der Waals surface area contributed by atoms with Gasteiger partial charge in [-0.3, -0.25) is 0 Å². The van der Waals surface area contributed by atoms with Crippen molar-refractivity contribution in [2.75, 3.05) is 13.2 Å². The van der Waals surface area contributed by atoms with E-state index in [-0.39, 0.29) is 13.2 Å². The summed E-state index contributed by atoms with van der Waals surface area (Å²) in [5.74, 6) is 0. The number of benzene rings is 1. The van der Waals surface area contributed by atoms with E-state index in [1.54, 1.807) is 23.5 Å². The van der Waals surface area contributed by atoms with E-state index >= 15 is 0 Å². The Kier molecular flexibility index (Phi) is 6.30. The minimum Gasteiger partial charge on any atom is -0.391 e. The highest BCUT2D eigenvalue weighted by atomic mass is 32.2. The molecule has 1 aromatic rings. The lowest BCUT2D eigenvalue weighted by Crippen LogP contribution is -2.06. The molecule has 0 aromatic heterocycles. The highest BCUT2D eigenvalue weighted by molar-refractivity contribution is 8.23. The van der Waals surface area contributed by atoms with Crippen LogP contribution >= 0.6 is 47.0 Å². The second kappa shape index (κ2) is 8.22. The van der Waals surface area contributed by atoms with E-state index in [1.165, 1.54) is 11.1 Å². The van der Waals surface area contributed by atoms with Gasteiger partial charge in [0.1, 0.15) is 0 Å². The maximum atomic E-state index is 9.21. The van der Waals surface area contributed by atoms with Crippen LogP contribution in [-0.4, -0.2) is 32.6 Å². The molecular weight excluding hydrogens is 352 g/mol. The molecular formula is C16H18O2S4. The van der Waals surface area contributed by atoms with Crippen molar-refractivity contribution in [2.24, 2.45) is 0 Å². The SMILES string of the molecule is OCC1=CSC(Cc2ccccc2CC2SC=C(CO)S2)S1. The molecule has 22 heavy (non-hydrogen) atoms. The zero-order chi connectivity index (χ0) is 15.4. The second-order valence-corrected chi connectivity index (χ2v) is 10.4. The van der Waals surface area contributed by atoms with Gasteiger partial charge in [0.05, 0.1) is 22.4 Å². The fourth-order valence-corrected chi connectivity index (χ4v) is 7.35. The minimum atomic E-state index is 0.154. The van der Waals surface area contributed by atoms with Crippen LogP contribution in [0.4, 0.5) is 0 Å². The third kappa shape index (κ3) is 4.30. The summed E-state index contributed by atoms with van der Waals surface area (Å²) in [6.45, 7) is 0.307. The number of rotatable bonds is 6. The first-order valence-corrected chi connectivity index (χ1v) is 10.7. The molecule has 2 atom stereocenters. The molecule has 0 aliphatic carbocycles. The Labute approximate surface area is 148 Å². The van der Waals surface area contributed by atoms with Crippen LogP contribution in [-0.2, 0) is 12.8 Å². The van der Waals surface area contributed by atoms with Crippen molar-refractivity contribution in [3.05, 3.63) is 56.0 Å². The van der Waals surface area contributed by atoms with Crippen LogP contribution in [0, 0.1) is 0 Å². The smallest absolute Gasteiger partial charge is 0.0746 e. The molecule has 0 fully saturated rings. The van der Waals surface area contributed by atoms with Gasteiger partial charge in [-0.2, -0.15) is 0 Å². The first-order chi connectivity index (χ1) is 10.8. The molecule has 118 valence electrons.